The van der Waals surface area contributed by atoms with E-state index in [0.717, 1.165) is 0 Å². The molecule has 2 heterocycles. The number of aliphatic hydroxyl groups is 1. The Labute approximate surface area is 139 Å². The second-order valence-corrected chi connectivity index (χ2v) is 5.87. The first-order chi connectivity index (χ1) is 11.6. The van der Waals surface area contributed by atoms with Crippen molar-refractivity contribution in [3.05, 3.63) is 53.6 Å². The first-order valence-electron chi connectivity index (χ1n) is 7.85. The lowest BCUT2D eigenvalue weighted by atomic mass is 10.0. The summed E-state index contributed by atoms with van der Waals surface area (Å²) in [7, 11) is 1.60. The number of ether oxygens (including phenoxy) is 1. The van der Waals surface area contributed by atoms with Crippen LogP contribution in [0.2, 0.25) is 0 Å². The molecule has 0 spiro atoms. The molecule has 1 fully saturated rings. The van der Waals surface area contributed by atoms with Crippen LogP contribution in [0.4, 0.5) is 4.39 Å². The van der Waals surface area contributed by atoms with Crippen LogP contribution in [0.25, 0.3) is 0 Å². The molecule has 3 rings (SSSR count). The van der Waals surface area contributed by atoms with E-state index in [9.17, 15) is 14.3 Å². The highest BCUT2D eigenvalue weighted by molar-refractivity contribution is 5.92. The van der Waals surface area contributed by atoms with E-state index in [2.05, 4.69) is 5.10 Å². The molecule has 0 radical (unpaired) electrons. The molecule has 7 heteroatoms. The van der Waals surface area contributed by atoms with Gasteiger partial charge in [-0.1, -0.05) is 12.1 Å². The van der Waals surface area contributed by atoms with Gasteiger partial charge in [0.15, 0.2) is 0 Å². The molecule has 128 valence electrons. The third-order valence-corrected chi connectivity index (χ3v) is 4.16. The van der Waals surface area contributed by atoms with E-state index < -0.39 is 6.10 Å². The molecule has 0 saturated carbocycles. The van der Waals surface area contributed by atoms with E-state index in [1.807, 2.05) is 0 Å². The number of methoxy groups -OCH3 is 1. The van der Waals surface area contributed by atoms with E-state index in [1.165, 1.54) is 12.1 Å². The molecule has 1 aromatic carbocycles. The third-order valence-electron chi connectivity index (χ3n) is 4.16. The molecule has 1 aliphatic rings. The molecule has 1 aliphatic heterocycles. The number of likely N-dealkylation sites (tertiary alicyclic amines) is 1. The Morgan fingerprint density at radius 3 is 3.04 bits per heavy atom. The van der Waals surface area contributed by atoms with Crippen molar-refractivity contribution in [1.82, 2.24) is 14.7 Å². The lowest BCUT2D eigenvalue weighted by Crippen LogP contribution is -2.32. The van der Waals surface area contributed by atoms with Crippen LogP contribution in [-0.2, 0) is 11.3 Å². The maximum Gasteiger partial charge on any atom is 0.274 e. The number of carbonyl (C=O) groups is 1. The van der Waals surface area contributed by atoms with Gasteiger partial charge in [0.05, 0.1) is 25.3 Å². The average Bonchev–Trinajstić information content (AvgIpc) is 3.19. The fourth-order valence-electron chi connectivity index (χ4n) is 3.00. The van der Waals surface area contributed by atoms with Gasteiger partial charge in [-0.25, -0.2) is 4.39 Å². The Morgan fingerprint density at radius 1 is 1.46 bits per heavy atom. The van der Waals surface area contributed by atoms with Crippen LogP contribution in [0.1, 0.15) is 28.5 Å². The number of amides is 1. The molecule has 1 amide bonds. The maximum atomic E-state index is 13.5. The van der Waals surface area contributed by atoms with Crippen molar-refractivity contribution in [1.29, 1.82) is 0 Å². The van der Waals surface area contributed by atoms with Crippen LogP contribution in [-0.4, -0.2) is 52.1 Å². The largest absolute Gasteiger partial charge is 0.391 e. The second kappa shape index (κ2) is 7.11. The number of nitrogens with zero attached hydrogens (tertiary/aromatic N) is 3. The SMILES string of the molecule is COCCn1ccc(C(=O)N2C[C@H](O)C[C@H]2c2cccc(F)c2)n1. The minimum atomic E-state index is -0.627. The zero-order chi connectivity index (χ0) is 17.1. The van der Waals surface area contributed by atoms with Gasteiger partial charge in [0.1, 0.15) is 11.5 Å². The van der Waals surface area contributed by atoms with Gasteiger partial charge >= 0.3 is 0 Å². The summed E-state index contributed by atoms with van der Waals surface area (Å²) in [5, 5.41) is 14.2. The summed E-state index contributed by atoms with van der Waals surface area (Å²) in [6, 6.07) is 7.43. The van der Waals surface area contributed by atoms with Crippen molar-refractivity contribution in [2.24, 2.45) is 0 Å². The minimum absolute atomic E-state index is 0.213. The van der Waals surface area contributed by atoms with E-state index >= 15 is 0 Å². The Bertz CT molecular complexity index is 719. The number of rotatable bonds is 5. The van der Waals surface area contributed by atoms with Crippen LogP contribution in [0.5, 0.6) is 0 Å². The normalized spacial score (nSPS) is 20.5. The van der Waals surface area contributed by atoms with Crippen LogP contribution in [0, 0.1) is 5.82 Å². The standard InChI is InChI=1S/C17H20FN3O3/c1-24-8-7-20-6-5-15(19-20)17(23)21-11-14(22)10-16(21)12-3-2-4-13(18)9-12/h2-6,9,14,16,22H,7-8,10-11H2,1H3/t14-,16+/m1/s1. The fourth-order valence-corrected chi connectivity index (χ4v) is 3.00. The lowest BCUT2D eigenvalue weighted by Gasteiger charge is -2.24. The number of aromatic nitrogens is 2. The molecule has 2 atom stereocenters. The predicted molar refractivity (Wildman–Crippen MR) is 84.9 cm³/mol. The summed E-state index contributed by atoms with van der Waals surface area (Å²) >= 11 is 0. The van der Waals surface area contributed by atoms with E-state index in [4.69, 9.17) is 4.74 Å². The van der Waals surface area contributed by atoms with Crippen molar-refractivity contribution in [2.75, 3.05) is 20.3 Å². The summed E-state index contributed by atoms with van der Waals surface area (Å²) in [4.78, 5) is 14.3. The van der Waals surface area contributed by atoms with E-state index in [0.29, 0.717) is 30.8 Å². The molecule has 1 saturated heterocycles. The molecule has 0 aliphatic carbocycles. The zero-order valence-corrected chi connectivity index (χ0v) is 13.4. The highest BCUT2D eigenvalue weighted by atomic mass is 19.1. The highest BCUT2D eigenvalue weighted by Crippen LogP contribution is 2.33. The number of hydrogen-bond acceptors (Lipinski definition) is 4. The number of benzene rings is 1. The molecule has 6 nitrogen and oxygen atoms in total. The summed E-state index contributed by atoms with van der Waals surface area (Å²) in [5.41, 5.74) is 0.986. The van der Waals surface area contributed by atoms with Crippen molar-refractivity contribution in [2.45, 2.75) is 25.1 Å². The van der Waals surface area contributed by atoms with Crippen molar-refractivity contribution in [3.8, 4) is 0 Å². The van der Waals surface area contributed by atoms with Crippen LogP contribution < -0.4 is 0 Å². The molecule has 1 aromatic heterocycles. The van der Waals surface area contributed by atoms with Gasteiger partial charge < -0.3 is 14.7 Å². The summed E-state index contributed by atoms with van der Waals surface area (Å²) in [5.74, 6) is -0.623. The Kier molecular flexibility index (Phi) is 4.92. The average molecular weight is 333 g/mol. The van der Waals surface area contributed by atoms with Gasteiger partial charge in [-0.2, -0.15) is 5.10 Å². The summed E-state index contributed by atoms with van der Waals surface area (Å²) in [6.45, 7) is 1.27. The third kappa shape index (κ3) is 3.47. The van der Waals surface area contributed by atoms with Crippen LogP contribution in [0.3, 0.4) is 0 Å². The molecule has 24 heavy (non-hydrogen) atoms. The summed E-state index contributed by atoms with van der Waals surface area (Å²) in [6.07, 6.45) is 1.48. The van der Waals surface area contributed by atoms with Crippen LogP contribution >= 0.6 is 0 Å². The van der Waals surface area contributed by atoms with Gasteiger partial charge in [-0.3, -0.25) is 9.48 Å². The number of β-amino-alcohol motifs (C(OH)–C–C–N with tert-alkyl or cyclic N) is 1. The lowest BCUT2D eigenvalue weighted by molar-refractivity contribution is 0.0708. The zero-order valence-electron chi connectivity index (χ0n) is 13.4. The molecular formula is C17H20FN3O3. The first-order valence-corrected chi connectivity index (χ1v) is 7.85. The molecule has 1 N–H and O–H groups in total. The number of halogens is 1. The first kappa shape index (κ1) is 16.6. The van der Waals surface area contributed by atoms with Crippen LogP contribution in [0.15, 0.2) is 36.5 Å². The molecule has 0 unspecified atom stereocenters. The molecule has 0 bridgehead atoms. The Hall–Kier alpha value is -2.25. The van der Waals surface area contributed by atoms with Gasteiger partial charge in [0, 0.05) is 19.9 Å². The smallest absolute Gasteiger partial charge is 0.274 e. The van der Waals surface area contributed by atoms with E-state index in [-0.39, 0.29) is 24.3 Å². The van der Waals surface area contributed by atoms with Gasteiger partial charge in [0.25, 0.3) is 5.91 Å². The van der Waals surface area contributed by atoms with E-state index in [1.54, 1.807) is 41.1 Å². The molecule has 2 aromatic rings. The van der Waals surface area contributed by atoms with Crippen molar-refractivity contribution >= 4 is 5.91 Å². The second-order valence-electron chi connectivity index (χ2n) is 5.87. The Balaban J connectivity index is 1.80. The highest BCUT2D eigenvalue weighted by Gasteiger charge is 2.36. The van der Waals surface area contributed by atoms with Gasteiger partial charge in [-0.15, -0.1) is 0 Å². The summed E-state index contributed by atoms with van der Waals surface area (Å²) < 4.78 is 20.1. The quantitative estimate of drug-likeness (QED) is 0.903. The molecular weight excluding hydrogens is 313 g/mol. The predicted octanol–water partition coefficient (Wildman–Crippen LogP) is 1.62. The maximum absolute atomic E-state index is 13.5. The number of aliphatic hydroxyl groups excluding tert-OH is 1. The fraction of sp³-hybridized carbons (Fsp3) is 0.412. The topological polar surface area (TPSA) is 67.6 Å². The van der Waals surface area contributed by atoms with Crippen molar-refractivity contribution < 1.29 is 19.0 Å². The van der Waals surface area contributed by atoms with Gasteiger partial charge in [-0.05, 0) is 30.2 Å². The van der Waals surface area contributed by atoms with Gasteiger partial charge in [0.2, 0.25) is 0 Å². The monoisotopic (exact) mass is 333 g/mol. The minimum Gasteiger partial charge on any atom is -0.391 e. The van der Waals surface area contributed by atoms with Crippen molar-refractivity contribution in [3.63, 3.8) is 0 Å². The number of hydrogen-bond donors (Lipinski definition) is 1. The Morgan fingerprint density at radius 2 is 2.29 bits per heavy atom. The number of carbonyl (C=O) groups excluding carboxylic acids is 1.